The number of amides is 1. The number of piperazine rings is 1. The normalized spacial score (nSPS) is 28.1. The summed E-state index contributed by atoms with van der Waals surface area (Å²) < 4.78 is 0. The molecule has 1 aliphatic carbocycles. The van der Waals surface area contributed by atoms with E-state index in [2.05, 4.69) is 31.1 Å². The van der Waals surface area contributed by atoms with Crippen LogP contribution >= 0.6 is 0 Å². The van der Waals surface area contributed by atoms with Crippen LogP contribution in [-0.2, 0) is 4.79 Å². The highest BCUT2D eigenvalue weighted by Gasteiger charge is 2.28. The number of rotatable bonds is 4. The van der Waals surface area contributed by atoms with E-state index in [4.69, 9.17) is 0 Å². The van der Waals surface area contributed by atoms with Gasteiger partial charge in [0.2, 0.25) is 5.91 Å². The Labute approximate surface area is 123 Å². The molecule has 1 aliphatic heterocycles. The number of carbonyl (C=O) groups is 1. The lowest BCUT2D eigenvalue weighted by Crippen LogP contribution is -2.50. The van der Waals surface area contributed by atoms with Crippen LogP contribution in [0, 0.1) is 11.8 Å². The highest BCUT2D eigenvalue weighted by molar-refractivity contribution is 5.78. The zero-order valence-electron chi connectivity index (χ0n) is 13.4. The summed E-state index contributed by atoms with van der Waals surface area (Å²) in [5.41, 5.74) is 0. The lowest BCUT2D eigenvalue weighted by Gasteiger charge is -2.38. The minimum absolute atomic E-state index is 0.306. The second kappa shape index (κ2) is 7.41. The van der Waals surface area contributed by atoms with E-state index in [-0.39, 0.29) is 0 Å². The minimum atomic E-state index is 0.306. The van der Waals surface area contributed by atoms with Crippen molar-refractivity contribution in [2.75, 3.05) is 39.8 Å². The number of nitrogens with zero attached hydrogens (tertiary/aromatic N) is 2. The van der Waals surface area contributed by atoms with Crippen LogP contribution < -0.4 is 5.32 Å². The molecule has 0 aromatic carbocycles. The molecule has 1 saturated carbocycles. The number of nitrogens with one attached hydrogen (secondary N) is 1. The Bertz CT molecular complexity index is 313. The summed E-state index contributed by atoms with van der Waals surface area (Å²) in [6.45, 7) is 8.87. The van der Waals surface area contributed by atoms with Gasteiger partial charge >= 0.3 is 0 Å². The van der Waals surface area contributed by atoms with Crippen LogP contribution in [-0.4, -0.2) is 61.5 Å². The van der Waals surface area contributed by atoms with Crippen LogP contribution in [0.5, 0.6) is 0 Å². The first-order chi connectivity index (χ1) is 9.58. The van der Waals surface area contributed by atoms with Gasteiger partial charge in [-0.25, -0.2) is 0 Å². The van der Waals surface area contributed by atoms with E-state index in [1.54, 1.807) is 0 Å². The van der Waals surface area contributed by atoms with Crippen molar-refractivity contribution in [3.05, 3.63) is 0 Å². The maximum Gasteiger partial charge on any atom is 0.236 e. The fraction of sp³-hybridized carbons (Fsp3) is 0.938. The van der Waals surface area contributed by atoms with Crippen molar-refractivity contribution >= 4 is 5.91 Å². The second-order valence-corrected chi connectivity index (χ2v) is 6.87. The first kappa shape index (κ1) is 15.8. The number of likely N-dealkylation sites (N-methyl/N-ethyl adjacent to an activating group) is 1. The standard InChI is InChI=1S/C16H31N3O/c1-13(2)14-5-4-6-15(11-14)18(3)12-16(20)19-9-7-17-8-10-19/h13-15,17H,4-12H2,1-3H3. The van der Waals surface area contributed by atoms with E-state index >= 15 is 0 Å². The molecule has 1 amide bonds. The average molecular weight is 281 g/mol. The van der Waals surface area contributed by atoms with Gasteiger partial charge in [-0.1, -0.05) is 26.7 Å². The van der Waals surface area contributed by atoms with Gasteiger partial charge in [-0.2, -0.15) is 0 Å². The Morgan fingerprint density at radius 1 is 1.30 bits per heavy atom. The Kier molecular flexibility index (Phi) is 5.85. The molecule has 2 rings (SSSR count). The summed E-state index contributed by atoms with van der Waals surface area (Å²) in [5.74, 6) is 1.92. The largest absolute Gasteiger partial charge is 0.339 e. The van der Waals surface area contributed by atoms with Crippen LogP contribution in [0.4, 0.5) is 0 Å². The van der Waals surface area contributed by atoms with Crippen LogP contribution in [0.3, 0.4) is 0 Å². The molecule has 0 aromatic rings. The molecule has 1 heterocycles. The molecule has 0 aromatic heterocycles. The zero-order chi connectivity index (χ0) is 14.5. The van der Waals surface area contributed by atoms with E-state index in [0.717, 1.165) is 38.0 Å². The lowest BCUT2D eigenvalue weighted by atomic mass is 9.79. The van der Waals surface area contributed by atoms with Gasteiger partial charge in [0.05, 0.1) is 6.54 Å². The molecule has 4 heteroatoms. The first-order valence-electron chi connectivity index (χ1n) is 8.26. The quantitative estimate of drug-likeness (QED) is 0.849. The van der Waals surface area contributed by atoms with E-state index < -0.39 is 0 Å². The van der Waals surface area contributed by atoms with Crippen molar-refractivity contribution in [1.82, 2.24) is 15.1 Å². The van der Waals surface area contributed by atoms with Crippen LogP contribution in [0.15, 0.2) is 0 Å². The third kappa shape index (κ3) is 4.19. The number of hydrogen-bond acceptors (Lipinski definition) is 3. The van der Waals surface area contributed by atoms with E-state index in [0.29, 0.717) is 18.5 Å². The Hall–Kier alpha value is -0.610. The lowest BCUT2D eigenvalue weighted by molar-refractivity contribution is -0.133. The van der Waals surface area contributed by atoms with Crippen molar-refractivity contribution in [2.24, 2.45) is 11.8 Å². The molecule has 4 nitrogen and oxygen atoms in total. The molecule has 116 valence electrons. The van der Waals surface area contributed by atoms with E-state index in [9.17, 15) is 4.79 Å². The monoisotopic (exact) mass is 281 g/mol. The van der Waals surface area contributed by atoms with Gasteiger partial charge in [-0.3, -0.25) is 9.69 Å². The molecular weight excluding hydrogens is 250 g/mol. The summed E-state index contributed by atoms with van der Waals surface area (Å²) in [4.78, 5) is 16.6. The molecule has 0 bridgehead atoms. The molecule has 0 spiro atoms. The molecule has 2 unspecified atom stereocenters. The van der Waals surface area contributed by atoms with Crippen LogP contribution in [0.25, 0.3) is 0 Å². The van der Waals surface area contributed by atoms with Gasteiger partial charge in [0.15, 0.2) is 0 Å². The van der Waals surface area contributed by atoms with Crippen molar-refractivity contribution in [2.45, 2.75) is 45.6 Å². The van der Waals surface area contributed by atoms with Crippen LogP contribution in [0.1, 0.15) is 39.5 Å². The molecule has 1 saturated heterocycles. The summed E-state index contributed by atoms with van der Waals surface area (Å²) in [6.07, 6.45) is 5.21. The predicted molar refractivity (Wildman–Crippen MR) is 82.7 cm³/mol. The topological polar surface area (TPSA) is 35.6 Å². The Morgan fingerprint density at radius 3 is 2.65 bits per heavy atom. The van der Waals surface area contributed by atoms with Gasteiger partial charge in [0, 0.05) is 32.2 Å². The maximum absolute atomic E-state index is 12.3. The SMILES string of the molecule is CC(C)C1CCCC(N(C)CC(=O)N2CCNCC2)C1. The highest BCUT2D eigenvalue weighted by atomic mass is 16.2. The van der Waals surface area contributed by atoms with Gasteiger partial charge in [0.1, 0.15) is 0 Å². The van der Waals surface area contributed by atoms with E-state index in [1.165, 1.54) is 25.7 Å². The fourth-order valence-electron chi connectivity index (χ4n) is 3.56. The Morgan fingerprint density at radius 2 is 2.00 bits per heavy atom. The van der Waals surface area contributed by atoms with Crippen molar-refractivity contribution in [3.63, 3.8) is 0 Å². The van der Waals surface area contributed by atoms with E-state index in [1.807, 2.05) is 4.90 Å². The smallest absolute Gasteiger partial charge is 0.236 e. The second-order valence-electron chi connectivity index (χ2n) is 6.87. The Balaban J connectivity index is 1.81. The molecule has 2 aliphatic rings. The summed E-state index contributed by atoms with van der Waals surface area (Å²) >= 11 is 0. The summed E-state index contributed by atoms with van der Waals surface area (Å²) in [6, 6.07) is 0.600. The van der Waals surface area contributed by atoms with Crippen molar-refractivity contribution < 1.29 is 4.79 Å². The van der Waals surface area contributed by atoms with Crippen LogP contribution in [0.2, 0.25) is 0 Å². The molecular formula is C16H31N3O. The first-order valence-corrected chi connectivity index (χ1v) is 8.26. The fourth-order valence-corrected chi connectivity index (χ4v) is 3.56. The summed E-state index contributed by atoms with van der Waals surface area (Å²) in [7, 11) is 2.13. The average Bonchev–Trinajstić information content (AvgIpc) is 2.48. The summed E-state index contributed by atoms with van der Waals surface area (Å²) in [5, 5.41) is 3.30. The zero-order valence-corrected chi connectivity index (χ0v) is 13.4. The number of carbonyl (C=O) groups excluding carboxylic acids is 1. The third-order valence-electron chi connectivity index (χ3n) is 5.11. The van der Waals surface area contributed by atoms with Gasteiger partial charge in [0.25, 0.3) is 0 Å². The van der Waals surface area contributed by atoms with Gasteiger partial charge in [-0.05, 0) is 31.7 Å². The molecule has 20 heavy (non-hydrogen) atoms. The molecule has 2 atom stereocenters. The molecule has 1 N–H and O–H groups in total. The predicted octanol–water partition coefficient (Wildman–Crippen LogP) is 1.56. The molecule has 0 radical (unpaired) electrons. The minimum Gasteiger partial charge on any atom is -0.339 e. The molecule has 2 fully saturated rings. The van der Waals surface area contributed by atoms with Gasteiger partial charge < -0.3 is 10.2 Å². The maximum atomic E-state index is 12.3. The van der Waals surface area contributed by atoms with Crippen molar-refractivity contribution in [3.8, 4) is 0 Å². The number of hydrogen-bond donors (Lipinski definition) is 1. The highest BCUT2D eigenvalue weighted by Crippen LogP contribution is 2.31. The van der Waals surface area contributed by atoms with Gasteiger partial charge in [-0.15, -0.1) is 0 Å². The third-order valence-corrected chi connectivity index (χ3v) is 5.11. The van der Waals surface area contributed by atoms with Crippen molar-refractivity contribution in [1.29, 1.82) is 0 Å².